The molecule has 0 aliphatic rings. The molecule has 0 aliphatic heterocycles. The van der Waals surface area contributed by atoms with Gasteiger partial charge in [0.2, 0.25) is 11.8 Å². The van der Waals surface area contributed by atoms with Gasteiger partial charge in [0.25, 0.3) is 10.0 Å². The Morgan fingerprint density at radius 2 is 1.76 bits per heavy atom. The van der Waals surface area contributed by atoms with E-state index in [0.717, 1.165) is 16.4 Å². The molecule has 0 radical (unpaired) electrons. The summed E-state index contributed by atoms with van der Waals surface area (Å²) in [6.07, 6.45) is 0. The Balaban J connectivity index is 2.05. The van der Waals surface area contributed by atoms with Crippen LogP contribution >= 0.6 is 11.6 Å². The van der Waals surface area contributed by atoms with Crippen LogP contribution in [0.25, 0.3) is 0 Å². The van der Waals surface area contributed by atoms with Gasteiger partial charge in [0.1, 0.15) is 24.2 Å². The minimum absolute atomic E-state index is 0.000552. The van der Waals surface area contributed by atoms with Crippen LogP contribution in [-0.2, 0) is 26.2 Å². The fraction of sp³-hybridized carbons (Fsp3) is 0.259. The number of hydrogen-bond acceptors (Lipinski definition) is 5. The van der Waals surface area contributed by atoms with E-state index in [1.807, 2.05) is 0 Å². The van der Waals surface area contributed by atoms with Gasteiger partial charge >= 0.3 is 0 Å². The Labute approximate surface area is 227 Å². The molecule has 202 valence electrons. The molecule has 11 heteroatoms. The molecule has 1 atom stereocenters. The van der Waals surface area contributed by atoms with Crippen LogP contribution in [0.1, 0.15) is 19.4 Å². The summed E-state index contributed by atoms with van der Waals surface area (Å²) in [7, 11) is -2.75. The number of rotatable bonds is 11. The smallest absolute Gasteiger partial charge is 0.264 e. The molecule has 3 rings (SSSR count). The van der Waals surface area contributed by atoms with E-state index >= 15 is 0 Å². The minimum Gasteiger partial charge on any atom is -0.497 e. The largest absolute Gasteiger partial charge is 0.497 e. The van der Waals surface area contributed by atoms with Crippen LogP contribution in [0.2, 0.25) is 5.02 Å². The fourth-order valence-corrected chi connectivity index (χ4v) is 5.36. The van der Waals surface area contributed by atoms with Gasteiger partial charge < -0.3 is 15.0 Å². The summed E-state index contributed by atoms with van der Waals surface area (Å²) in [5.74, 6) is -1.21. The number of hydrogen-bond donors (Lipinski definition) is 1. The summed E-state index contributed by atoms with van der Waals surface area (Å²) in [5, 5.41) is 2.40. The molecule has 0 spiro atoms. The third kappa shape index (κ3) is 6.81. The van der Waals surface area contributed by atoms with Gasteiger partial charge in [-0.05, 0) is 61.9 Å². The molecule has 0 fully saturated rings. The topological polar surface area (TPSA) is 96.0 Å². The van der Waals surface area contributed by atoms with E-state index in [4.69, 9.17) is 16.3 Å². The lowest BCUT2D eigenvalue weighted by atomic mass is 10.1. The van der Waals surface area contributed by atoms with Gasteiger partial charge in [-0.1, -0.05) is 41.9 Å². The van der Waals surface area contributed by atoms with Crippen LogP contribution in [0.4, 0.5) is 10.1 Å². The highest BCUT2D eigenvalue weighted by molar-refractivity contribution is 7.92. The second-order valence-corrected chi connectivity index (χ2v) is 10.6. The molecule has 8 nitrogen and oxygen atoms in total. The maximum atomic E-state index is 13.9. The van der Waals surface area contributed by atoms with E-state index in [9.17, 15) is 22.4 Å². The highest BCUT2D eigenvalue weighted by atomic mass is 35.5. The monoisotopic (exact) mass is 561 g/mol. The summed E-state index contributed by atoms with van der Waals surface area (Å²) in [4.78, 5) is 27.7. The van der Waals surface area contributed by atoms with Crippen molar-refractivity contribution >= 4 is 39.1 Å². The van der Waals surface area contributed by atoms with Crippen LogP contribution < -0.4 is 14.4 Å². The van der Waals surface area contributed by atoms with Crippen molar-refractivity contribution in [2.75, 3.05) is 24.5 Å². The van der Waals surface area contributed by atoms with Gasteiger partial charge in [-0.25, -0.2) is 12.8 Å². The molecular formula is C27H29ClFN3O5S. The van der Waals surface area contributed by atoms with Crippen LogP contribution in [0.3, 0.4) is 0 Å². The molecule has 1 N–H and O–H groups in total. The van der Waals surface area contributed by atoms with Crippen LogP contribution in [-0.4, -0.2) is 51.4 Å². The minimum atomic E-state index is -4.27. The number of likely N-dealkylation sites (N-methyl/N-ethyl adjacent to an activating group) is 1. The Hall–Kier alpha value is -3.63. The Morgan fingerprint density at radius 3 is 2.39 bits per heavy atom. The van der Waals surface area contributed by atoms with E-state index in [-0.39, 0.29) is 22.2 Å². The third-order valence-corrected chi connectivity index (χ3v) is 7.88. The lowest BCUT2D eigenvalue weighted by Gasteiger charge is -2.32. The molecule has 38 heavy (non-hydrogen) atoms. The van der Waals surface area contributed by atoms with Gasteiger partial charge in [0.05, 0.1) is 22.7 Å². The molecule has 0 saturated heterocycles. The predicted molar refractivity (Wildman–Crippen MR) is 144 cm³/mol. The van der Waals surface area contributed by atoms with Crippen molar-refractivity contribution in [3.05, 3.63) is 89.2 Å². The molecule has 0 saturated carbocycles. The van der Waals surface area contributed by atoms with Crippen molar-refractivity contribution < 1.29 is 27.1 Å². The number of amides is 2. The highest BCUT2D eigenvalue weighted by Gasteiger charge is 2.32. The van der Waals surface area contributed by atoms with Crippen molar-refractivity contribution in [2.24, 2.45) is 0 Å². The number of nitrogens with zero attached hydrogens (tertiary/aromatic N) is 2. The van der Waals surface area contributed by atoms with Crippen molar-refractivity contribution in [2.45, 2.75) is 31.3 Å². The van der Waals surface area contributed by atoms with Gasteiger partial charge in [0, 0.05) is 13.1 Å². The van der Waals surface area contributed by atoms with Crippen molar-refractivity contribution in [1.29, 1.82) is 0 Å². The lowest BCUT2D eigenvalue weighted by molar-refractivity contribution is -0.139. The molecular weight excluding hydrogens is 533 g/mol. The number of methoxy groups -OCH3 is 1. The van der Waals surface area contributed by atoms with E-state index in [2.05, 4.69) is 5.32 Å². The van der Waals surface area contributed by atoms with E-state index < -0.39 is 40.2 Å². The number of nitrogens with one attached hydrogen (secondary N) is 1. The number of sulfonamides is 1. The zero-order valence-corrected chi connectivity index (χ0v) is 22.8. The van der Waals surface area contributed by atoms with E-state index in [1.54, 1.807) is 56.3 Å². The molecule has 1 unspecified atom stereocenters. The van der Waals surface area contributed by atoms with Crippen LogP contribution in [0, 0.1) is 5.82 Å². The first kappa shape index (κ1) is 28.9. The standard InChI is InChI=1S/C27H29ClFN3O5S/c1-4-30-27(34)19(2)31(17-20-9-8-10-22(15-20)37-3)26(33)18-32(21-13-14-25(29)24(28)16-21)38(35,36)23-11-6-5-7-12-23/h5-16,19H,4,17-18H2,1-3H3,(H,30,34). The Bertz CT molecular complexity index is 1390. The number of carbonyl (C=O) groups is 2. The average molecular weight is 562 g/mol. The normalized spacial score (nSPS) is 11.9. The van der Waals surface area contributed by atoms with Crippen molar-refractivity contribution in [3.8, 4) is 5.75 Å². The van der Waals surface area contributed by atoms with Crippen LogP contribution in [0.15, 0.2) is 77.7 Å². The van der Waals surface area contributed by atoms with Gasteiger partial charge in [0.15, 0.2) is 0 Å². The lowest BCUT2D eigenvalue weighted by Crippen LogP contribution is -2.51. The quantitative estimate of drug-likeness (QED) is 0.378. The first-order valence-corrected chi connectivity index (χ1v) is 13.6. The first-order chi connectivity index (χ1) is 18.1. The molecule has 3 aromatic rings. The Kier molecular flexibility index (Phi) is 9.71. The second-order valence-electron chi connectivity index (χ2n) is 8.37. The second kappa shape index (κ2) is 12.7. The fourth-order valence-electron chi connectivity index (χ4n) is 3.76. The summed E-state index contributed by atoms with van der Waals surface area (Å²) in [6, 6.07) is 17.0. The summed E-state index contributed by atoms with van der Waals surface area (Å²) < 4.78 is 47.4. The molecule has 0 aliphatic carbocycles. The van der Waals surface area contributed by atoms with Crippen molar-refractivity contribution in [3.63, 3.8) is 0 Å². The molecule has 2 amide bonds. The predicted octanol–water partition coefficient (Wildman–Crippen LogP) is 4.24. The zero-order chi connectivity index (χ0) is 27.9. The maximum absolute atomic E-state index is 13.9. The number of benzene rings is 3. The average Bonchev–Trinajstić information content (AvgIpc) is 2.92. The molecule has 0 heterocycles. The summed E-state index contributed by atoms with van der Waals surface area (Å²) in [5.41, 5.74) is 0.678. The van der Waals surface area contributed by atoms with Crippen LogP contribution in [0.5, 0.6) is 5.75 Å². The molecule has 3 aromatic carbocycles. The summed E-state index contributed by atoms with van der Waals surface area (Å²) >= 11 is 5.96. The maximum Gasteiger partial charge on any atom is 0.264 e. The number of halogens is 2. The zero-order valence-electron chi connectivity index (χ0n) is 21.2. The number of anilines is 1. The van der Waals surface area contributed by atoms with E-state index in [0.29, 0.717) is 17.9 Å². The van der Waals surface area contributed by atoms with Gasteiger partial charge in [-0.3, -0.25) is 13.9 Å². The molecule has 0 aromatic heterocycles. The van der Waals surface area contributed by atoms with Gasteiger partial charge in [-0.2, -0.15) is 0 Å². The van der Waals surface area contributed by atoms with Gasteiger partial charge in [-0.15, -0.1) is 0 Å². The van der Waals surface area contributed by atoms with E-state index in [1.165, 1.54) is 30.2 Å². The highest BCUT2D eigenvalue weighted by Crippen LogP contribution is 2.28. The Morgan fingerprint density at radius 1 is 1.05 bits per heavy atom. The molecule has 0 bridgehead atoms. The first-order valence-electron chi connectivity index (χ1n) is 11.8. The summed E-state index contributed by atoms with van der Waals surface area (Å²) in [6.45, 7) is 3.02. The SMILES string of the molecule is CCNC(=O)C(C)N(Cc1cccc(OC)c1)C(=O)CN(c1ccc(F)c(Cl)c1)S(=O)(=O)c1ccccc1. The third-order valence-electron chi connectivity index (χ3n) is 5.81. The van der Waals surface area contributed by atoms with Crippen molar-refractivity contribution in [1.82, 2.24) is 10.2 Å². The number of ether oxygens (including phenoxy) is 1. The number of carbonyl (C=O) groups excluding carboxylic acids is 2.